The van der Waals surface area contributed by atoms with Crippen molar-refractivity contribution in [1.82, 2.24) is 16.0 Å². The van der Waals surface area contributed by atoms with Gasteiger partial charge in [0.2, 0.25) is 17.7 Å². The number of nitrogens with one attached hydrogen (secondary N) is 3. The van der Waals surface area contributed by atoms with Crippen LogP contribution in [0.2, 0.25) is 18.1 Å². The molecular formula is C30H60N4O7Si. The molecule has 12 heteroatoms. The zero-order valence-corrected chi connectivity index (χ0v) is 29.5. The molecule has 0 spiro atoms. The maximum Gasteiger partial charge on any atom is 0.407 e. The molecule has 0 rings (SSSR count). The first-order chi connectivity index (χ1) is 18.8. The highest BCUT2D eigenvalue weighted by atomic mass is 28.4. The third kappa shape index (κ3) is 13.0. The second-order valence-corrected chi connectivity index (χ2v) is 19.2. The second-order valence-electron chi connectivity index (χ2n) is 14.4. The highest BCUT2D eigenvalue weighted by Crippen LogP contribution is 2.39. The van der Waals surface area contributed by atoms with Crippen LogP contribution < -0.4 is 21.7 Å². The lowest BCUT2D eigenvalue weighted by Gasteiger charge is -2.43. The fraction of sp³-hybridized carbons (Fsp3) is 0.867. The summed E-state index contributed by atoms with van der Waals surface area (Å²) in [5.41, 5.74) is 4.62. The number of nitrogens with two attached hydrogens (primary N) is 1. The Labute approximate surface area is 254 Å². The van der Waals surface area contributed by atoms with Crippen LogP contribution in [-0.4, -0.2) is 73.2 Å². The Morgan fingerprint density at radius 3 is 1.79 bits per heavy atom. The minimum Gasteiger partial charge on any atom is -0.444 e. The number of rotatable bonds is 15. The van der Waals surface area contributed by atoms with Gasteiger partial charge in [-0.25, -0.2) is 4.79 Å². The zero-order chi connectivity index (χ0) is 33.4. The third-order valence-corrected chi connectivity index (χ3v) is 12.6. The van der Waals surface area contributed by atoms with Gasteiger partial charge in [0.1, 0.15) is 17.7 Å². The summed E-state index contributed by atoms with van der Waals surface area (Å²) in [4.78, 5) is 51.1. The predicted octanol–water partition coefficient (Wildman–Crippen LogP) is 3.83. The molecule has 0 saturated heterocycles. The summed E-state index contributed by atoms with van der Waals surface area (Å²) in [6.07, 6.45) is -1.26. The van der Waals surface area contributed by atoms with Gasteiger partial charge in [0.25, 0.3) is 0 Å². The molecule has 0 aliphatic rings. The van der Waals surface area contributed by atoms with E-state index in [2.05, 4.69) is 49.8 Å². The molecule has 11 nitrogen and oxygen atoms in total. The van der Waals surface area contributed by atoms with E-state index in [0.717, 1.165) is 0 Å². The molecular weight excluding hydrogens is 556 g/mol. The van der Waals surface area contributed by atoms with Gasteiger partial charge in [0.05, 0.1) is 18.2 Å². The molecule has 4 amide bonds. The van der Waals surface area contributed by atoms with Crippen LogP contribution in [0, 0.1) is 17.8 Å². The average Bonchev–Trinajstić information content (AvgIpc) is 2.80. The van der Waals surface area contributed by atoms with E-state index in [0.29, 0.717) is 12.8 Å². The topological polar surface area (TPSA) is 169 Å². The molecule has 246 valence electrons. The first kappa shape index (κ1) is 39.8. The molecule has 0 unspecified atom stereocenters. The lowest BCUT2D eigenvalue weighted by molar-refractivity contribution is -0.134. The Bertz CT molecular complexity index is 912. The summed E-state index contributed by atoms with van der Waals surface area (Å²) in [5, 5.41) is 17.9. The first-order valence-corrected chi connectivity index (χ1v) is 18.0. The van der Waals surface area contributed by atoms with Crippen molar-refractivity contribution in [3.8, 4) is 0 Å². The number of ether oxygens (including phenoxy) is 1. The van der Waals surface area contributed by atoms with Gasteiger partial charge in [-0.15, -0.1) is 0 Å². The molecule has 0 saturated carbocycles. The summed E-state index contributed by atoms with van der Waals surface area (Å²) in [5.74, 6) is -2.53. The van der Waals surface area contributed by atoms with Gasteiger partial charge in [0, 0.05) is 5.92 Å². The molecule has 0 heterocycles. The van der Waals surface area contributed by atoms with E-state index in [4.69, 9.17) is 14.9 Å². The summed E-state index contributed by atoms with van der Waals surface area (Å²) in [7, 11) is -2.37. The van der Waals surface area contributed by atoms with Crippen molar-refractivity contribution in [3.63, 3.8) is 0 Å². The predicted molar refractivity (Wildman–Crippen MR) is 168 cm³/mol. The van der Waals surface area contributed by atoms with Crippen molar-refractivity contribution in [3.05, 3.63) is 0 Å². The van der Waals surface area contributed by atoms with Crippen LogP contribution in [0.5, 0.6) is 0 Å². The molecule has 42 heavy (non-hydrogen) atoms. The third-order valence-electron chi connectivity index (χ3n) is 8.05. The summed E-state index contributed by atoms with van der Waals surface area (Å²) in [6, 6.07) is -2.73. The highest BCUT2D eigenvalue weighted by Gasteiger charge is 2.43. The molecule has 0 bridgehead atoms. The van der Waals surface area contributed by atoms with Crippen LogP contribution in [0.3, 0.4) is 0 Å². The Hall–Kier alpha value is -2.18. The standard InChI is InChI=1S/C30H60N4O7Si/c1-15-18(4)21(27(38)32-19(5)26(37)33-24(20(6)35)25(31)36)16-22(41-42(13,14)30(10,11)12)23(17(2)3)34-28(39)40-29(7,8)9/h17-24,35H,15-16H2,1-14H3,(H2,31,36)(H,32,38)(H,33,37)(H,34,39)/t18-,19+,20-,21-,22-,23+,24+/m1/s1. The van der Waals surface area contributed by atoms with E-state index in [-0.39, 0.29) is 22.8 Å². The van der Waals surface area contributed by atoms with Crippen molar-refractivity contribution in [2.45, 2.75) is 150 Å². The maximum atomic E-state index is 13.7. The fourth-order valence-electron chi connectivity index (χ4n) is 4.18. The molecule has 6 N–H and O–H groups in total. The molecule has 0 aromatic heterocycles. The van der Waals surface area contributed by atoms with Gasteiger partial charge in [0.15, 0.2) is 8.32 Å². The fourth-order valence-corrected chi connectivity index (χ4v) is 5.54. The van der Waals surface area contributed by atoms with Crippen LogP contribution >= 0.6 is 0 Å². The molecule has 0 aliphatic heterocycles. The molecule has 7 atom stereocenters. The van der Waals surface area contributed by atoms with Crippen LogP contribution in [-0.2, 0) is 23.5 Å². The van der Waals surface area contributed by atoms with E-state index in [9.17, 15) is 24.3 Å². The number of alkyl carbamates (subject to hydrolysis) is 1. The number of carbonyl (C=O) groups excluding carboxylic acids is 4. The number of primary amides is 1. The van der Waals surface area contributed by atoms with Gasteiger partial charge >= 0.3 is 6.09 Å². The van der Waals surface area contributed by atoms with Gasteiger partial charge in [-0.1, -0.05) is 54.9 Å². The number of aliphatic hydroxyl groups is 1. The van der Waals surface area contributed by atoms with Crippen molar-refractivity contribution >= 4 is 32.1 Å². The molecule has 0 aromatic carbocycles. The minimum atomic E-state index is -2.37. The first-order valence-electron chi connectivity index (χ1n) is 15.1. The van der Waals surface area contributed by atoms with E-state index < -0.39 is 68.1 Å². The van der Waals surface area contributed by atoms with Gasteiger partial charge in [-0.3, -0.25) is 14.4 Å². The Morgan fingerprint density at radius 2 is 1.40 bits per heavy atom. The van der Waals surface area contributed by atoms with Gasteiger partial charge in [-0.2, -0.15) is 0 Å². The van der Waals surface area contributed by atoms with Crippen LogP contribution in [0.15, 0.2) is 0 Å². The Kier molecular flexibility index (Phi) is 15.2. The van der Waals surface area contributed by atoms with Crippen LogP contribution in [0.1, 0.15) is 95.9 Å². The lowest BCUT2D eigenvalue weighted by atomic mass is 9.83. The lowest BCUT2D eigenvalue weighted by Crippen LogP contribution is -2.57. The number of carbonyl (C=O) groups is 4. The van der Waals surface area contributed by atoms with Crippen LogP contribution in [0.4, 0.5) is 4.79 Å². The normalized spacial score (nSPS) is 17.7. The van der Waals surface area contributed by atoms with Gasteiger partial charge < -0.3 is 36.0 Å². The van der Waals surface area contributed by atoms with Crippen LogP contribution in [0.25, 0.3) is 0 Å². The molecule has 0 radical (unpaired) electrons. The SMILES string of the molecule is CC[C@@H](C)[C@@H](C[C@@H](O[Si](C)(C)C(C)(C)C)[C@@H](NC(=O)OC(C)(C)C)C(C)C)C(=O)N[C@@H](C)C(=O)N[C@H](C(N)=O)[C@@H](C)O. The Balaban J connectivity index is 6.33. The van der Waals surface area contributed by atoms with E-state index >= 15 is 0 Å². The van der Waals surface area contributed by atoms with Crippen molar-refractivity contribution in [2.24, 2.45) is 23.5 Å². The maximum absolute atomic E-state index is 13.7. The monoisotopic (exact) mass is 616 g/mol. The summed E-state index contributed by atoms with van der Waals surface area (Å²) < 4.78 is 12.5. The molecule has 0 aromatic rings. The van der Waals surface area contributed by atoms with E-state index in [1.54, 1.807) is 20.8 Å². The number of hydrogen-bond acceptors (Lipinski definition) is 7. The quantitative estimate of drug-likeness (QED) is 0.174. The largest absolute Gasteiger partial charge is 0.444 e. The number of amides is 4. The molecule has 0 aliphatic carbocycles. The smallest absolute Gasteiger partial charge is 0.407 e. The summed E-state index contributed by atoms with van der Waals surface area (Å²) >= 11 is 0. The van der Waals surface area contributed by atoms with Gasteiger partial charge in [-0.05, 0) is 71.0 Å². The highest BCUT2D eigenvalue weighted by molar-refractivity contribution is 6.74. The minimum absolute atomic E-state index is 0.0381. The summed E-state index contributed by atoms with van der Waals surface area (Å²) in [6.45, 7) is 26.9. The van der Waals surface area contributed by atoms with Crippen molar-refractivity contribution in [1.29, 1.82) is 0 Å². The Morgan fingerprint density at radius 1 is 0.881 bits per heavy atom. The zero-order valence-electron chi connectivity index (χ0n) is 28.5. The van der Waals surface area contributed by atoms with E-state index in [1.807, 2.05) is 27.7 Å². The second kappa shape index (κ2) is 16.0. The molecule has 0 fully saturated rings. The average molecular weight is 617 g/mol. The number of hydrogen-bond donors (Lipinski definition) is 5. The van der Waals surface area contributed by atoms with E-state index in [1.165, 1.54) is 13.8 Å². The number of aliphatic hydroxyl groups excluding tert-OH is 1. The van der Waals surface area contributed by atoms with Crippen molar-refractivity contribution < 1.29 is 33.4 Å². The van der Waals surface area contributed by atoms with Crippen molar-refractivity contribution in [2.75, 3.05) is 0 Å².